The summed E-state index contributed by atoms with van der Waals surface area (Å²) < 4.78 is 19.3. The van der Waals surface area contributed by atoms with Crippen LogP contribution in [-0.2, 0) is 18.4 Å². The lowest BCUT2D eigenvalue weighted by atomic mass is 10.2. The van der Waals surface area contributed by atoms with Crippen molar-refractivity contribution >= 4 is 45.3 Å². The standard InChI is InChI=1S/C24H26N4O5S/c1-6-28-23(30)22-21(16-11-14(31-3)7-9-18(16)27(22)2)26-24(28)34-13-20(29)25-17-12-15(32-4)8-10-19(17)33-5/h7-12H,6,13H2,1-5H3,(H,25,29). The number of ether oxygens (including phenoxy) is 3. The zero-order valence-electron chi connectivity index (χ0n) is 19.7. The van der Waals surface area contributed by atoms with Crippen LogP contribution in [-0.4, -0.2) is 47.1 Å². The number of carbonyl (C=O) groups excluding carboxylic acids is 1. The SMILES string of the molecule is CCn1c(SCC(=O)Nc2cc(OC)ccc2OC)nc2c3cc(OC)ccc3n(C)c2c1=O. The maximum Gasteiger partial charge on any atom is 0.278 e. The molecule has 2 aromatic carbocycles. The van der Waals surface area contributed by atoms with Gasteiger partial charge in [0.25, 0.3) is 5.56 Å². The molecule has 0 spiro atoms. The van der Waals surface area contributed by atoms with Crippen molar-refractivity contribution in [1.29, 1.82) is 0 Å². The molecule has 0 bridgehead atoms. The number of hydrogen-bond acceptors (Lipinski definition) is 7. The number of aryl methyl sites for hydroxylation is 1. The van der Waals surface area contributed by atoms with E-state index in [9.17, 15) is 9.59 Å². The molecule has 0 saturated heterocycles. The molecule has 0 fully saturated rings. The number of methoxy groups -OCH3 is 3. The Kier molecular flexibility index (Phi) is 6.69. The topological polar surface area (TPSA) is 96.6 Å². The number of thioether (sulfide) groups is 1. The third-order valence-electron chi connectivity index (χ3n) is 5.60. The van der Waals surface area contributed by atoms with Gasteiger partial charge < -0.3 is 24.1 Å². The number of fused-ring (bicyclic) bond motifs is 3. The van der Waals surface area contributed by atoms with E-state index in [4.69, 9.17) is 19.2 Å². The van der Waals surface area contributed by atoms with Gasteiger partial charge >= 0.3 is 0 Å². The van der Waals surface area contributed by atoms with Gasteiger partial charge in [-0.2, -0.15) is 0 Å². The van der Waals surface area contributed by atoms with E-state index in [0.29, 0.717) is 45.7 Å². The first-order valence-corrected chi connectivity index (χ1v) is 11.6. The van der Waals surface area contributed by atoms with Gasteiger partial charge in [0.05, 0.1) is 38.3 Å². The summed E-state index contributed by atoms with van der Waals surface area (Å²) in [6, 6.07) is 10.8. The van der Waals surface area contributed by atoms with Gasteiger partial charge in [0.1, 0.15) is 28.3 Å². The van der Waals surface area contributed by atoms with Crippen molar-refractivity contribution in [2.45, 2.75) is 18.6 Å². The summed E-state index contributed by atoms with van der Waals surface area (Å²) >= 11 is 1.21. The average molecular weight is 483 g/mol. The van der Waals surface area contributed by atoms with Crippen LogP contribution >= 0.6 is 11.8 Å². The van der Waals surface area contributed by atoms with Gasteiger partial charge in [0.2, 0.25) is 5.91 Å². The van der Waals surface area contributed by atoms with Crippen LogP contribution in [0.25, 0.3) is 21.9 Å². The number of aromatic nitrogens is 3. The fraction of sp³-hybridized carbons (Fsp3) is 0.292. The van der Waals surface area contributed by atoms with E-state index in [1.54, 1.807) is 37.0 Å². The molecule has 1 N–H and O–H groups in total. The van der Waals surface area contributed by atoms with Crippen molar-refractivity contribution in [3.05, 3.63) is 46.8 Å². The first-order chi connectivity index (χ1) is 16.4. The Hall–Kier alpha value is -3.66. The molecule has 0 aliphatic carbocycles. The third-order valence-corrected chi connectivity index (χ3v) is 6.57. The Morgan fingerprint density at radius 1 is 1.06 bits per heavy atom. The zero-order valence-corrected chi connectivity index (χ0v) is 20.5. The summed E-state index contributed by atoms with van der Waals surface area (Å²) in [5, 5.41) is 4.14. The van der Waals surface area contributed by atoms with Crippen LogP contribution in [0.4, 0.5) is 5.69 Å². The van der Waals surface area contributed by atoms with Crippen molar-refractivity contribution in [3.63, 3.8) is 0 Å². The number of nitrogens with one attached hydrogen (secondary N) is 1. The lowest BCUT2D eigenvalue weighted by Crippen LogP contribution is -2.24. The van der Waals surface area contributed by atoms with E-state index < -0.39 is 0 Å². The predicted octanol–water partition coefficient (Wildman–Crippen LogP) is 3.66. The summed E-state index contributed by atoms with van der Waals surface area (Å²) in [6.45, 7) is 2.31. The average Bonchev–Trinajstić information content (AvgIpc) is 3.13. The van der Waals surface area contributed by atoms with Gasteiger partial charge in [-0.25, -0.2) is 4.98 Å². The van der Waals surface area contributed by atoms with Crippen molar-refractivity contribution in [1.82, 2.24) is 14.1 Å². The lowest BCUT2D eigenvalue weighted by Gasteiger charge is -2.13. The molecule has 0 saturated carbocycles. The molecule has 4 rings (SSSR count). The molecule has 0 aliphatic rings. The van der Waals surface area contributed by atoms with Crippen LogP contribution in [0.15, 0.2) is 46.3 Å². The maximum absolute atomic E-state index is 13.3. The molecule has 9 nitrogen and oxygen atoms in total. The van der Waals surface area contributed by atoms with E-state index in [1.807, 2.05) is 36.7 Å². The van der Waals surface area contributed by atoms with E-state index in [-0.39, 0.29) is 17.2 Å². The molecule has 2 heterocycles. The second kappa shape index (κ2) is 9.68. The summed E-state index contributed by atoms with van der Waals surface area (Å²) in [7, 11) is 6.53. The highest BCUT2D eigenvalue weighted by molar-refractivity contribution is 7.99. The minimum Gasteiger partial charge on any atom is -0.497 e. The first-order valence-electron chi connectivity index (χ1n) is 10.6. The molecule has 4 aromatic rings. The van der Waals surface area contributed by atoms with Crippen molar-refractivity contribution in [2.24, 2.45) is 7.05 Å². The van der Waals surface area contributed by atoms with Gasteiger partial charge in [0, 0.05) is 25.0 Å². The number of hydrogen-bond donors (Lipinski definition) is 1. The molecule has 0 atom stereocenters. The predicted molar refractivity (Wildman–Crippen MR) is 134 cm³/mol. The second-order valence-electron chi connectivity index (χ2n) is 7.49. The molecule has 0 unspecified atom stereocenters. The fourth-order valence-electron chi connectivity index (χ4n) is 3.88. The van der Waals surface area contributed by atoms with Gasteiger partial charge in [-0.15, -0.1) is 0 Å². The quantitative estimate of drug-likeness (QED) is 0.302. The van der Waals surface area contributed by atoms with E-state index in [2.05, 4.69) is 5.32 Å². The molecule has 178 valence electrons. The zero-order chi connectivity index (χ0) is 24.4. The van der Waals surface area contributed by atoms with Crippen LogP contribution in [0, 0.1) is 0 Å². The van der Waals surface area contributed by atoms with Crippen molar-refractivity contribution < 1.29 is 19.0 Å². The van der Waals surface area contributed by atoms with Crippen LogP contribution in [0.5, 0.6) is 17.2 Å². The monoisotopic (exact) mass is 482 g/mol. The lowest BCUT2D eigenvalue weighted by molar-refractivity contribution is -0.113. The van der Waals surface area contributed by atoms with E-state index in [1.165, 1.54) is 18.9 Å². The second-order valence-corrected chi connectivity index (χ2v) is 8.43. The summed E-state index contributed by atoms with van der Waals surface area (Å²) in [4.78, 5) is 30.9. The van der Waals surface area contributed by atoms with E-state index >= 15 is 0 Å². The molecule has 10 heteroatoms. The maximum atomic E-state index is 13.3. The first kappa shape index (κ1) is 23.5. The van der Waals surface area contributed by atoms with Crippen LogP contribution < -0.4 is 25.1 Å². The molecule has 0 aliphatic heterocycles. The smallest absolute Gasteiger partial charge is 0.278 e. The Balaban J connectivity index is 1.67. The highest BCUT2D eigenvalue weighted by Gasteiger charge is 2.19. The number of carbonyl (C=O) groups is 1. The Labute approximate surface area is 200 Å². The third kappa shape index (κ3) is 4.16. The van der Waals surface area contributed by atoms with Gasteiger partial charge in [0.15, 0.2) is 5.16 Å². The number of anilines is 1. The normalized spacial score (nSPS) is 11.1. The fourth-order valence-corrected chi connectivity index (χ4v) is 4.73. The molecular formula is C24H26N4O5S. The van der Waals surface area contributed by atoms with Crippen molar-refractivity contribution in [3.8, 4) is 17.2 Å². The summed E-state index contributed by atoms with van der Waals surface area (Å²) in [5.41, 5.74) is 2.34. The van der Waals surface area contributed by atoms with Crippen LogP contribution in [0.1, 0.15) is 6.92 Å². The van der Waals surface area contributed by atoms with Gasteiger partial charge in [-0.1, -0.05) is 11.8 Å². The Morgan fingerprint density at radius 2 is 1.76 bits per heavy atom. The summed E-state index contributed by atoms with van der Waals surface area (Å²) in [5.74, 6) is 1.61. The number of amides is 1. The van der Waals surface area contributed by atoms with Crippen molar-refractivity contribution in [2.75, 3.05) is 32.4 Å². The van der Waals surface area contributed by atoms with Crippen LogP contribution in [0.3, 0.4) is 0 Å². The van der Waals surface area contributed by atoms with Gasteiger partial charge in [-0.3, -0.25) is 14.2 Å². The number of benzene rings is 2. The van der Waals surface area contributed by atoms with Gasteiger partial charge in [-0.05, 0) is 37.3 Å². The number of nitrogens with zero attached hydrogens (tertiary/aromatic N) is 3. The molecular weight excluding hydrogens is 456 g/mol. The largest absolute Gasteiger partial charge is 0.497 e. The van der Waals surface area contributed by atoms with E-state index in [0.717, 1.165) is 10.9 Å². The Morgan fingerprint density at radius 3 is 2.44 bits per heavy atom. The minimum atomic E-state index is -0.256. The van der Waals surface area contributed by atoms with Crippen LogP contribution in [0.2, 0.25) is 0 Å². The molecule has 0 radical (unpaired) electrons. The highest BCUT2D eigenvalue weighted by Crippen LogP contribution is 2.31. The molecule has 2 aromatic heterocycles. The molecule has 34 heavy (non-hydrogen) atoms. The Bertz CT molecular complexity index is 1440. The highest BCUT2D eigenvalue weighted by atomic mass is 32.2. The summed E-state index contributed by atoms with van der Waals surface area (Å²) in [6.07, 6.45) is 0. The molecule has 1 amide bonds. The number of rotatable bonds is 8. The minimum absolute atomic E-state index is 0.0619.